The van der Waals surface area contributed by atoms with Gasteiger partial charge in [-0.2, -0.15) is 0 Å². The van der Waals surface area contributed by atoms with Crippen LogP contribution in [0.1, 0.15) is 55.6 Å². The fraction of sp³-hybridized carbons (Fsp3) is 0.286. The van der Waals surface area contributed by atoms with E-state index in [1.807, 2.05) is 70.2 Å². The maximum absolute atomic E-state index is 12.8. The van der Waals surface area contributed by atoms with Crippen molar-refractivity contribution >= 4 is 30.0 Å². The Bertz CT molecular complexity index is 1180. The minimum Gasteiger partial charge on any atom is -0.399 e. The van der Waals surface area contributed by atoms with E-state index in [1.165, 1.54) is 0 Å². The van der Waals surface area contributed by atoms with Gasteiger partial charge in [-0.05, 0) is 57.3 Å². The fourth-order valence-electron chi connectivity index (χ4n) is 3.75. The molecular formula is C28H30BNO5. The van der Waals surface area contributed by atoms with Crippen molar-refractivity contribution in [1.82, 2.24) is 0 Å². The lowest BCUT2D eigenvalue weighted by atomic mass is 9.79. The van der Waals surface area contributed by atoms with Gasteiger partial charge in [0.2, 0.25) is 0 Å². The molecule has 0 radical (unpaired) electrons. The number of hydrogen-bond donors (Lipinski definition) is 1. The molecular weight excluding hydrogens is 441 g/mol. The van der Waals surface area contributed by atoms with Gasteiger partial charge in [0.25, 0.3) is 0 Å². The average molecular weight is 471 g/mol. The van der Waals surface area contributed by atoms with Crippen LogP contribution in [0.2, 0.25) is 0 Å². The summed E-state index contributed by atoms with van der Waals surface area (Å²) in [7, 11) is -0.415. The zero-order valence-electron chi connectivity index (χ0n) is 20.5. The Morgan fingerprint density at radius 3 is 2.09 bits per heavy atom. The molecule has 1 N–H and O–H groups in total. The van der Waals surface area contributed by atoms with Crippen LogP contribution in [0.3, 0.4) is 0 Å². The van der Waals surface area contributed by atoms with E-state index in [-0.39, 0.29) is 12.2 Å². The van der Waals surface area contributed by atoms with Crippen LogP contribution in [-0.4, -0.2) is 30.1 Å². The first-order valence-corrected chi connectivity index (χ1v) is 11.8. The molecule has 1 aliphatic rings. The van der Waals surface area contributed by atoms with Gasteiger partial charge in [0.15, 0.2) is 5.78 Å². The zero-order chi connectivity index (χ0) is 25.1. The molecule has 6 nitrogen and oxygen atoms in total. The topological polar surface area (TPSA) is 73.9 Å². The van der Waals surface area contributed by atoms with Gasteiger partial charge < -0.3 is 14.1 Å². The number of aryl methyl sites for hydroxylation is 1. The molecule has 0 saturated carbocycles. The van der Waals surface area contributed by atoms with Gasteiger partial charge in [0, 0.05) is 11.1 Å². The Balaban J connectivity index is 1.30. The summed E-state index contributed by atoms with van der Waals surface area (Å²) in [6.45, 7) is 8.10. The molecule has 180 valence electrons. The van der Waals surface area contributed by atoms with Crippen LogP contribution in [-0.2, 0) is 25.4 Å². The van der Waals surface area contributed by atoms with Gasteiger partial charge >= 0.3 is 13.1 Å². The van der Waals surface area contributed by atoms with E-state index in [0.29, 0.717) is 23.2 Å². The van der Waals surface area contributed by atoms with Gasteiger partial charge in [-0.3, -0.25) is 4.79 Å². The second kappa shape index (κ2) is 10.1. The molecule has 0 amide bonds. The molecule has 0 aromatic heterocycles. The third-order valence-electron chi connectivity index (χ3n) is 6.61. The van der Waals surface area contributed by atoms with Gasteiger partial charge in [0.1, 0.15) is 0 Å². The Kier molecular flexibility index (Phi) is 7.10. The summed E-state index contributed by atoms with van der Waals surface area (Å²) >= 11 is 0. The molecule has 3 aromatic rings. The Hall–Kier alpha value is -3.42. The summed E-state index contributed by atoms with van der Waals surface area (Å²) in [5.74, 6) is -0.561. The van der Waals surface area contributed by atoms with Crippen molar-refractivity contribution in [2.24, 2.45) is 0 Å². The number of carbonyl (C=O) groups excluding carboxylic acids is 2. The third kappa shape index (κ3) is 5.64. The van der Waals surface area contributed by atoms with Crippen LogP contribution in [0, 0.1) is 0 Å². The van der Waals surface area contributed by atoms with Crippen molar-refractivity contribution in [2.45, 2.75) is 51.7 Å². The van der Waals surface area contributed by atoms with Crippen LogP contribution in [0.15, 0.2) is 78.9 Å². The highest BCUT2D eigenvalue weighted by Crippen LogP contribution is 2.36. The molecule has 0 unspecified atom stereocenters. The molecule has 1 saturated heterocycles. The van der Waals surface area contributed by atoms with E-state index in [9.17, 15) is 9.59 Å². The predicted molar refractivity (Wildman–Crippen MR) is 137 cm³/mol. The first-order valence-electron chi connectivity index (χ1n) is 11.8. The molecule has 1 heterocycles. The SMILES string of the molecule is CC1(C)OB(c2ccc(CCC(=O)ONc3ccccc3C(=O)c3ccccc3)cc2)OC1(C)C. The lowest BCUT2D eigenvalue weighted by Gasteiger charge is -2.32. The first-order chi connectivity index (χ1) is 16.7. The predicted octanol–water partition coefficient (Wildman–Crippen LogP) is 4.72. The van der Waals surface area contributed by atoms with E-state index in [2.05, 4.69) is 5.48 Å². The van der Waals surface area contributed by atoms with Crippen LogP contribution < -0.4 is 10.9 Å². The highest BCUT2D eigenvalue weighted by atomic mass is 16.7. The quantitative estimate of drug-likeness (QED) is 0.291. The number of ketones is 1. The minimum absolute atomic E-state index is 0.146. The molecule has 1 aliphatic heterocycles. The van der Waals surface area contributed by atoms with E-state index < -0.39 is 24.3 Å². The Morgan fingerprint density at radius 2 is 1.43 bits per heavy atom. The van der Waals surface area contributed by atoms with E-state index in [4.69, 9.17) is 14.1 Å². The van der Waals surface area contributed by atoms with Gasteiger partial charge in [-0.1, -0.05) is 66.7 Å². The average Bonchev–Trinajstić information content (AvgIpc) is 3.08. The number of nitrogens with one attached hydrogen (secondary N) is 1. The lowest BCUT2D eigenvalue weighted by Crippen LogP contribution is -2.41. The fourth-order valence-corrected chi connectivity index (χ4v) is 3.75. The van der Waals surface area contributed by atoms with Crippen LogP contribution in [0.5, 0.6) is 0 Å². The Labute approximate surface area is 206 Å². The van der Waals surface area contributed by atoms with Crippen LogP contribution in [0.25, 0.3) is 0 Å². The monoisotopic (exact) mass is 471 g/mol. The van der Waals surface area contributed by atoms with Crippen molar-refractivity contribution < 1.29 is 23.7 Å². The van der Waals surface area contributed by atoms with Gasteiger partial charge in [0.05, 0.1) is 23.3 Å². The number of anilines is 1. The molecule has 3 aromatic carbocycles. The number of rotatable bonds is 8. The highest BCUT2D eigenvalue weighted by molar-refractivity contribution is 6.62. The number of hydrogen-bond acceptors (Lipinski definition) is 6. The van der Waals surface area contributed by atoms with Gasteiger partial charge in [-0.15, -0.1) is 0 Å². The smallest absolute Gasteiger partial charge is 0.399 e. The number of benzene rings is 3. The van der Waals surface area contributed by atoms with Crippen LogP contribution in [0.4, 0.5) is 5.69 Å². The summed E-state index contributed by atoms with van der Waals surface area (Å²) in [6, 6.07) is 23.8. The van der Waals surface area contributed by atoms with Crippen molar-refractivity contribution in [1.29, 1.82) is 0 Å². The normalized spacial score (nSPS) is 16.1. The molecule has 0 bridgehead atoms. The molecule has 4 rings (SSSR count). The van der Waals surface area contributed by atoms with Crippen molar-refractivity contribution in [3.8, 4) is 0 Å². The summed E-state index contributed by atoms with van der Waals surface area (Å²) in [4.78, 5) is 30.4. The summed E-state index contributed by atoms with van der Waals surface area (Å²) in [5, 5.41) is 0. The summed E-state index contributed by atoms with van der Waals surface area (Å²) in [6.07, 6.45) is 0.715. The van der Waals surface area contributed by atoms with E-state index in [1.54, 1.807) is 36.4 Å². The second-order valence-electron chi connectivity index (χ2n) is 9.65. The van der Waals surface area contributed by atoms with Crippen molar-refractivity contribution in [2.75, 3.05) is 5.48 Å². The van der Waals surface area contributed by atoms with Crippen molar-refractivity contribution in [3.63, 3.8) is 0 Å². The maximum Gasteiger partial charge on any atom is 0.494 e. The molecule has 0 aliphatic carbocycles. The molecule has 7 heteroatoms. The summed E-state index contributed by atoms with van der Waals surface area (Å²) < 4.78 is 12.2. The van der Waals surface area contributed by atoms with Crippen LogP contribution >= 0.6 is 0 Å². The maximum atomic E-state index is 12.8. The number of carbonyl (C=O) groups is 2. The standard InChI is InChI=1S/C28H30BNO5/c1-27(2)28(3,4)35-29(34-27)22-17-14-20(15-18-22)16-19-25(31)33-30-24-13-9-8-12-23(24)26(32)21-10-6-5-7-11-21/h5-15,17-18,30H,16,19H2,1-4H3. The van der Waals surface area contributed by atoms with Gasteiger partial charge in [-0.25, -0.2) is 10.3 Å². The molecule has 35 heavy (non-hydrogen) atoms. The molecule has 1 fully saturated rings. The van der Waals surface area contributed by atoms with Crippen molar-refractivity contribution in [3.05, 3.63) is 95.6 Å². The zero-order valence-corrected chi connectivity index (χ0v) is 20.5. The second-order valence-corrected chi connectivity index (χ2v) is 9.65. The van der Waals surface area contributed by atoms with E-state index in [0.717, 1.165) is 11.0 Å². The molecule has 0 atom stereocenters. The van der Waals surface area contributed by atoms with E-state index >= 15 is 0 Å². The lowest BCUT2D eigenvalue weighted by molar-refractivity contribution is -0.140. The largest absolute Gasteiger partial charge is 0.494 e. The number of para-hydroxylation sites is 1. The summed E-state index contributed by atoms with van der Waals surface area (Å²) in [5.41, 5.74) is 5.27. The third-order valence-corrected chi connectivity index (χ3v) is 6.61. The minimum atomic E-state index is -0.415. The first kappa shape index (κ1) is 24.7. The molecule has 0 spiro atoms. The highest BCUT2D eigenvalue weighted by Gasteiger charge is 2.51. The Morgan fingerprint density at radius 1 is 0.829 bits per heavy atom.